The fraction of sp³-hybridized carbons (Fsp3) is 0.0769. The number of hydrogen-bond donors (Lipinski definition) is 2. The molecule has 3 rings (SSSR count). The van der Waals surface area contributed by atoms with Crippen molar-refractivity contribution in [2.24, 2.45) is 0 Å². The van der Waals surface area contributed by atoms with Crippen LogP contribution in [0.5, 0.6) is 11.5 Å². The summed E-state index contributed by atoms with van der Waals surface area (Å²) in [5.74, 6) is -1.02. The molecule has 0 amide bonds. The van der Waals surface area contributed by atoms with Crippen molar-refractivity contribution in [1.29, 1.82) is 0 Å². The van der Waals surface area contributed by atoms with Gasteiger partial charge in [-0.2, -0.15) is 0 Å². The first-order chi connectivity index (χ1) is 7.69. The zero-order valence-corrected chi connectivity index (χ0v) is 8.42. The van der Waals surface area contributed by atoms with Gasteiger partial charge < -0.3 is 14.9 Å². The van der Waals surface area contributed by atoms with E-state index in [1.165, 1.54) is 0 Å². The summed E-state index contributed by atoms with van der Waals surface area (Å²) in [6, 6.07) is 13.8. The molecular weight excluding hydrogens is 204 g/mol. The van der Waals surface area contributed by atoms with Crippen LogP contribution in [0.25, 0.3) is 0 Å². The summed E-state index contributed by atoms with van der Waals surface area (Å²) in [5, 5.41) is 20.3. The highest BCUT2D eigenvalue weighted by Crippen LogP contribution is 2.44. The van der Waals surface area contributed by atoms with Crippen LogP contribution >= 0.6 is 0 Å². The van der Waals surface area contributed by atoms with Gasteiger partial charge >= 0.3 is 0 Å². The van der Waals surface area contributed by atoms with Gasteiger partial charge in [-0.3, -0.25) is 0 Å². The lowest BCUT2D eigenvalue weighted by Crippen LogP contribution is -2.30. The van der Waals surface area contributed by atoms with Gasteiger partial charge in [0.1, 0.15) is 11.5 Å². The maximum Gasteiger partial charge on any atom is 0.224 e. The second kappa shape index (κ2) is 3.07. The van der Waals surface area contributed by atoms with Crippen molar-refractivity contribution >= 4 is 0 Å². The highest BCUT2D eigenvalue weighted by atomic mass is 16.5. The minimum absolute atomic E-state index is 0.369. The first-order valence-corrected chi connectivity index (χ1v) is 5.01. The Kier molecular flexibility index (Phi) is 1.80. The molecule has 1 aliphatic rings. The van der Waals surface area contributed by atoms with Crippen LogP contribution in [-0.2, 0) is 5.79 Å². The average molecular weight is 214 g/mol. The first kappa shape index (κ1) is 9.39. The van der Waals surface area contributed by atoms with Gasteiger partial charge in [0.15, 0.2) is 0 Å². The minimum atomic E-state index is -1.98. The van der Waals surface area contributed by atoms with Gasteiger partial charge in [-0.25, -0.2) is 0 Å². The Labute approximate surface area is 92.5 Å². The van der Waals surface area contributed by atoms with Crippen LogP contribution in [0.15, 0.2) is 48.5 Å². The zero-order valence-electron chi connectivity index (χ0n) is 8.42. The monoisotopic (exact) mass is 214 g/mol. The molecule has 0 unspecified atom stereocenters. The first-order valence-electron chi connectivity index (χ1n) is 5.01. The molecule has 0 aliphatic carbocycles. The van der Waals surface area contributed by atoms with E-state index in [-0.39, 0.29) is 0 Å². The van der Waals surface area contributed by atoms with Crippen molar-refractivity contribution in [1.82, 2.24) is 0 Å². The van der Waals surface area contributed by atoms with Crippen LogP contribution in [0.4, 0.5) is 0 Å². The molecule has 0 atom stereocenters. The Balaban J connectivity index is 2.28. The van der Waals surface area contributed by atoms with E-state index in [2.05, 4.69) is 0 Å². The molecule has 2 N–H and O–H groups in total. The van der Waals surface area contributed by atoms with Crippen molar-refractivity contribution in [3.63, 3.8) is 0 Å². The van der Waals surface area contributed by atoms with Crippen molar-refractivity contribution in [3.05, 3.63) is 59.7 Å². The predicted molar refractivity (Wildman–Crippen MR) is 58.2 cm³/mol. The van der Waals surface area contributed by atoms with Crippen molar-refractivity contribution < 1.29 is 14.9 Å². The van der Waals surface area contributed by atoms with Gasteiger partial charge in [-0.15, -0.1) is 0 Å². The smallest absolute Gasteiger partial charge is 0.224 e. The van der Waals surface area contributed by atoms with Gasteiger partial charge in [-0.05, 0) is 24.3 Å². The summed E-state index contributed by atoms with van der Waals surface area (Å²) < 4.78 is 5.59. The quantitative estimate of drug-likeness (QED) is 0.659. The minimum Gasteiger partial charge on any atom is -0.456 e. The average Bonchev–Trinajstić information content (AvgIpc) is 2.29. The number of rotatable bonds is 0. The molecule has 0 bridgehead atoms. The van der Waals surface area contributed by atoms with E-state index < -0.39 is 5.79 Å². The molecule has 3 heteroatoms. The van der Waals surface area contributed by atoms with E-state index >= 15 is 0 Å². The maximum absolute atomic E-state index is 10.2. The molecule has 80 valence electrons. The van der Waals surface area contributed by atoms with Gasteiger partial charge in [0.05, 0.1) is 11.1 Å². The van der Waals surface area contributed by atoms with Crippen LogP contribution in [-0.4, -0.2) is 10.2 Å². The topological polar surface area (TPSA) is 49.7 Å². The Hall–Kier alpha value is -1.84. The molecule has 2 aromatic carbocycles. The Morgan fingerprint density at radius 1 is 0.750 bits per heavy atom. The third-order valence-corrected chi connectivity index (χ3v) is 2.75. The summed E-state index contributed by atoms with van der Waals surface area (Å²) in [5.41, 5.74) is 0.738. The molecule has 0 aromatic heterocycles. The van der Waals surface area contributed by atoms with Crippen molar-refractivity contribution in [3.8, 4) is 11.5 Å². The molecule has 1 heterocycles. The molecule has 0 radical (unpaired) electrons. The lowest BCUT2D eigenvalue weighted by Gasteiger charge is -2.31. The van der Waals surface area contributed by atoms with Crippen LogP contribution in [0.3, 0.4) is 0 Å². The predicted octanol–water partition coefficient (Wildman–Crippen LogP) is 1.98. The number of fused-ring (bicyclic) bond motifs is 2. The molecule has 2 aromatic rings. The summed E-state index contributed by atoms with van der Waals surface area (Å²) in [6.45, 7) is 0. The molecule has 16 heavy (non-hydrogen) atoms. The van der Waals surface area contributed by atoms with E-state index in [0.717, 1.165) is 0 Å². The van der Waals surface area contributed by atoms with E-state index in [1.807, 2.05) is 0 Å². The molecule has 0 fully saturated rings. The van der Waals surface area contributed by atoms with Crippen molar-refractivity contribution in [2.45, 2.75) is 5.79 Å². The Morgan fingerprint density at radius 2 is 1.19 bits per heavy atom. The third kappa shape index (κ3) is 1.16. The van der Waals surface area contributed by atoms with E-state index in [0.29, 0.717) is 22.6 Å². The number of ether oxygens (including phenoxy) is 1. The van der Waals surface area contributed by atoms with Gasteiger partial charge in [0.2, 0.25) is 5.79 Å². The zero-order chi connectivity index (χ0) is 11.2. The second-order valence-corrected chi connectivity index (χ2v) is 3.77. The summed E-state index contributed by atoms with van der Waals surface area (Å²) >= 11 is 0. The van der Waals surface area contributed by atoms with E-state index in [9.17, 15) is 10.2 Å². The normalized spacial score (nSPS) is 15.9. The third-order valence-electron chi connectivity index (χ3n) is 2.75. The Morgan fingerprint density at radius 3 is 1.69 bits per heavy atom. The molecule has 1 aliphatic heterocycles. The number of hydrogen-bond acceptors (Lipinski definition) is 3. The maximum atomic E-state index is 10.2. The summed E-state index contributed by atoms with van der Waals surface area (Å²) in [7, 11) is 0. The summed E-state index contributed by atoms with van der Waals surface area (Å²) in [4.78, 5) is 0. The highest BCUT2D eigenvalue weighted by molar-refractivity contribution is 5.53. The molecule has 3 nitrogen and oxygen atoms in total. The molecule has 0 saturated heterocycles. The lowest BCUT2D eigenvalue weighted by molar-refractivity contribution is -0.137. The standard InChI is InChI=1S/C13H10O3/c14-13(15)9-5-1-3-7-11(9)16-12-8-4-2-6-10(12)13/h1-8,14-15H. The van der Waals surface area contributed by atoms with E-state index in [1.54, 1.807) is 48.5 Å². The number of para-hydroxylation sites is 2. The SMILES string of the molecule is OC1(O)c2ccccc2Oc2ccccc21. The largest absolute Gasteiger partial charge is 0.456 e. The lowest BCUT2D eigenvalue weighted by atomic mass is 9.94. The number of aliphatic hydroxyl groups is 2. The molecular formula is C13H10O3. The van der Waals surface area contributed by atoms with Gasteiger partial charge in [0, 0.05) is 0 Å². The fourth-order valence-electron chi connectivity index (χ4n) is 1.95. The van der Waals surface area contributed by atoms with Crippen molar-refractivity contribution in [2.75, 3.05) is 0 Å². The highest BCUT2D eigenvalue weighted by Gasteiger charge is 2.38. The fourth-order valence-corrected chi connectivity index (χ4v) is 1.95. The second-order valence-electron chi connectivity index (χ2n) is 3.77. The van der Waals surface area contributed by atoms with Crippen LogP contribution in [0.2, 0.25) is 0 Å². The van der Waals surface area contributed by atoms with Gasteiger partial charge in [-0.1, -0.05) is 24.3 Å². The molecule has 0 saturated carbocycles. The molecule has 0 spiro atoms. The Bertz CT molecular complexity index is 499. The van der Waals surface area contributed by atoms with E-state index in [4.69, 9.17) is 4.74 Å². The summed E-state index contributed by atoms with van der Waals surface area (Å²) in [6.07, 6.45) is 0. The van der Waals surface area contributed by atoms with Gasteiger partial charge in [0.25, 0.3) is 0 Å². The van der Waals surface area contributed by atoms with Crippen LogP contribution in [0, 0.1) is 0 Å². The van der Waals surface area contributed by atoms with Crippen LogP contribution < -0.4 is 4.74 Å². The van der Waals surface area contributed by atoms with Crippen LogP contribution in [0.1, 0.15) is 11.1 Å². The number of benzene rings is 2.